The number of hydrogen-bond donors (Lipinski definition) is 0. The molecule has 0 bridgehead atoms. The molecule has 0 heterocycles. The molecule has 0 atom stereocenters. The first-order valence-corrected chi connectivity index (χ1v) is 0. The molecule has 8 heteroatoms. The minimum Gasteiger partial charge on any atom is -1.00 e. The normalized spacial score (nSPS) is 0. The zero-order valence-electron chi connectivity index (χ0n) is 5.51. The summed E-state index contributed by atoms with van der Waals surface area (Å²) in [6.45, 7) is 0. The molecule has 0 N–H and O–H groups in total. The van der Waals surface area contributed by atoms with Crippen molar-refractivity contribution in [3.05, 3.63) is 0 Å². The van der Waals surface area contributed by atoms with E-state index in [4.69, 9.17) is 0 Å². The van der Waals surface area contributed by atoms with Gasteiger partial charge in [-0.05, 0) is 0 Å². The van der Waals surface area contributed by atoms with Crippen LogP contribution < -0.4 is 344 Å². The third-order valence-corrected chi connectivity index (χ3v) is 0. The Morgan fingerprint density at radius 3 is 0.250 bits per heavy atom. The zero-order valence-corrected chi connectivity index (χ0v) is 37.0. The summed E-state index contributed by atoms with van der Waals surface area (Å²) in [7, 11) is 0. The van der Waals surface area contributed by atoms with E-state index in [2.05, 4.69) is 0 Å². The van der Waals surface area contributed by atoms with Crippen LogP contribution in [0.2, 0.25) is 0 Å². The van der Waals surface area contributed by atoms with E-state index in [0.717, 1.165) is 0 Å². The van der Waals surface area contributed by atoms with Gasteiger partial charge in [-0.2, -0.15) is 0 Å². The molecule has 0 aliphatic rings. The van der Waals surface area contributed by atoms with Crippen molar-refractivity contribution in [3.63, 3.8) is 0 Å². The summed E-state index contributed by atoms with van der Waals surface area (Å²) < 4.78 is 0. The van der Waals surface area contributed by atoms with E-state index in [0.29, 0.717) is 0 Å². The fraction of sp³-hybridized carbons (Fsp3) is 0. The van der Waals surface area contributed by atoms with Crippen LogP contribution in [0.4, 0.5) is 0 Å². The molecule has 0 aromatic heterocycles. The van der Waals surface area contributed by atoms with Crippen LogP contribution in [0.1, 0.15) is 0 Å². The maximum absolute atomic E-state index is 0. The smallest absolute Gasteiger partial charge is 1.00 e. The van der Waals surface area contributed by atoms with Crippen LogP contribution in [0.3, 0.4) is 0 Å². The standard InChI is InChI=1S/4BrH.4Cs/h4*1H;;;;/q;;;;4*+1/p-4. The van der Waals surface area contributed by atoms with Gasteiger partial charge >= 0.3 is 276 Å². The largest absolute Gasteiger partial charge is 1.00 e. The summed E-state index contributed by atoms with van der Waals surface area (Å²) in [6, 6.07) is 0. The quantitative estimate of drug-likeness (QED) is 0.228. The molecule has 0 saturated carbocycles. The fourth-order valence-electron chi connectivity index (χ4n) is 0. The van der Waals surface area contributed by atoms with Gasteiger partial charge in [0.05, 0.1) is 0 Å². The Morgan fingerprint density at radius 1 is 0.250 bits per heavy atom. The molecule has 0 rings (SSSR count). The Bertz CT molecular complexity index is 8.00. The summed E-state index contributed by atoms with van der Waals surface area (Å²) in [5.74, 6) is 0. The van der Waals surface area contributed by atoms with Crippen LogP contribution in [0.5, 0.6) is 0 Å². The summed E-state index contributed by atoms with van der Waals surface area (Å²) in [6.07, 6.45) is 0. The monoisotopic (exact) mass is 847 g/mol. The Labute approximate surface area is 329 Å². The first-order valence-electron chi connectivity index (χ1n) is 0. The predicted octanol–water partition coefficient (Wildman–Crippen LogP) is -24.0. The van der Waals surface area contributed by atoms with Crippen LogP contribution >= 0.6 is 0 Å². The van der Waals surface area contributed by atoms with Crippen LogP contribution in [0, 0.1) is 0 Å². The molecule has 0 aliphatic carbocycles. The molecule has 0 aromatic rings. The van der Waals surface area contributed by atoms with Crippen molar-refractivity contribution in [3.8, 4) is 0 Å². The van der Waals surface area contributed by atoms with Crippen molar-refractivity contribution in [2.75, 3.05) is 0 Å². The molecular formula is Br4Cs4. The van der Waals surface area contributed by atoms with Gasteiger partial charge in [0, 0.05) is 0 Å². The molecule has 32 valence electrons. The van der Waals surface area contributed by atoms with Gasteiger partial charge in [-0.15, -0.1) is 0 Å². The molecule has 0 fully saturated rings. The van der Waals surface area contributed by atoms with Crippen LogP contribution in [0.15, 0.2) is 0 Å². The summed E-state index contributed by atoms with van der Waals surface area (Å²) >= 11 is 0. The van der Waals surface area contributed by atoms with Gasteiger partial charge in [0.2, 0.25) is 0 Å². The second-order valence-electron chi connectivity index (χ2n) is 0. The van der Waals surface area contributed by atoms with E-state index in [9.17, 15) is 0 Å². The molecule has 0 aromatic carbocycles. The van der Waals surface area contributed by atoms with E-state index < -0.39 is 0 Å². The molecule has 8 heavy (non-hydrogen) atoms. The van der Waals surface area contributed by atoms with Crippen molar-refractivity contribution in [1.29, 1.82) is 0 Å². The predicted molar refractivity (Wildman–Crippen MR) is 0 cm³/mol. The number of halogens is 4. The molecular weight excluding hydrogens is 851 g/mol. The number of hydrogen-bond acceptors (Lipinski definition) is 0. The second-order valence-corrected chi connectivity index (χ2v) is 0. The maximum Gasteiger partial charge on any atom is 1.00 e. The zero-order chi connectivity index (χ0) is 0. The Hall–Kier alpha value is 10.1. The summed E-state index contributed by atoms with van der Waals surface area (Å²) in [5, 5.41) is 0. The average molecular weight is 851 g/mol. The van der Waals surface area contributed by atoms with Crippen LogP contribution in [-0.2, 0) is 0 Å². The molecule has 0 saturated heterocycles. The summed E-state index contributed by atoms with van der Waals surface area (Å²) in [4.78, 5) is 0. The van der Waals surface area contributed by atoms with Crippen LogP contribution in [-0.4, -0.2) is 0 Å². The van der Waals surface area contributed by atoms with E-state index in [1.165, 1.54) is 0 Å². The minimum absolute atomic E-state index is 0. The summed E-state index contributed by atoms with van der Waals surface area (Å²) in [5.41, 5.74) is 0. The van der Waals surface area contributed by atoms with Gasteiger partial charge < -0.3 is 67.9 Å². The molecule has 0 nitrogen and oxygen atoms in total. The van der Waals surface area contributed by atoms with Gasteiger partial charge in [-0.3, -0.25) is 0 Å². The molecule has 0 spiro atoms. The third-order valence-electron chi connectivity index (χ3n) is 0. The topological polar surface area (TPSA) is 0 Å². The molecule has 0 radical (unpaired) electrons. The van der Waals surface area contributed by atoms with Gasteiger partial charge in [-0.25, -0.2) is 0 Å². The van der Waals surface area contributed by atoms with Crippen LogP contribution in [0.25, 0.3) is 0 Å². The van der Waals surface area contributed by atoms with Gasteiger partial charge in [0.15, 0.2) is 0 Å². The van der Waals surface area contributed by atoms with E-state index >= 15 is 0 Å². The molecule has 0 aliphatic heterocycles. The fourth-order valence-corrected chi connectivity index (χ4v) is 0. The van der Waals surface area contributed by atoms with Crippen molar-refractivity contribution < 1.29 is 344 Å². The average Bonchev–Trinajstić information content (AvgIpc) is 0. The Morgan fingerprint density at radius 2 is 0.250 bits per heavy atom. The third kappa shape index (κ3) is 36.0. The first kappa shape index (κ1) is 51.8. The van der Waals surface area contributed by atoms with E-state index in [1.807, 2.05) is 0 Å². The van der Waals surface area contributed by atoms with Crippen molar-refractivity contribution >= 4 is 0 Å². The first-order chi connectivity index (χ1) is 0. The second kappa shape index (κ2) is 43.4. The van der Waals surface area contributed by atoms with Crippen molar-refractivity contribution in [2.45, 2.75) is 0 Å². The Balaban J connectivity index is 0. The minimum atomic E-state index is 0. The SMILES string of the molecule is [Br-].[Br-].[Br-].[Br-].[Cs+].[Cs+].[Cs+].[Cs+]. The van der Waals surface area contributed by atoms with Crippen molar-refractivity contribution in [1.82, 2.24) is 0 Å². The maximum atomic E-state index is 0. The van der Waals surface area contributed by atoms with Gasteiger partial charge in [-0.1, -0.05) is 0 Å². The van der Waals surface area contributed by atoms with Crippen molar-refractivity contribution in [2.24, 2.45) is 0 Å². The van der Waals surface area contributed by atoms with E-state index in [-0.39, 0.29) is 344 Å². The van der Waals surface area contributed by atoms with E-state index in [1.54, 1.807) is 0 Å². The Kier molecular flexibility index (Phi) is 281. The van der Waals surface area contributed by atoms with Gasteiger partial charge in [0.25, 0.3) is 0 Å². The number of rotatable bonds is 0. The molecule has 0 amide bonds. The van der Waals surface area contributed by atoms with Gasteiger partial charge in [0.1, 0.15) is 0 Å². The molecule has 0 unspecified atom stereocenters.